The fourth-order valence-corrected chi connectivity index (χ4v) is 2.50. The van der Waals surface area contributed by atoms with Crippen LogP contribution in [0.1, 0.15) is 32.3 Å². The summed E-state index contributed by atoms with van der Waals surface area (Å²) >= 11 is 0. The van der Waals surface area contributed by atoms with Crippen molar-refractivity contribution in [1.29, 1.82) is 0 Å². The van der Waals surface area contributed by atoms with Gasteiger partial charge in [-0.2, -0.15) is 0 Å². The van der Waals surface area contributed by atoms with Crippen LogP contribution in [0.3, 0.4) is 0 Å². The Morgan fingerprint density at radius 3 is 2.38 bits per heavy atom. The molecule has 1 unspecified atom stereocenters. The zero-order valence-electron chi connectivity index (χ0n) is 13.1. The molecule has 4 heteroatoms. The van der Waals surface area contributed by atoms with Crippen molar-refractivity contribution in [3.05, 3.63) is 23.8 Å². The molecule has 21 heavy (non-hydrogen) atoms. The lowest BCUT2D eigenvalue weighted by Gasteiger charge is -2.29. The minimum absolute atomic E-state index is 0.0804. The van der Waals surface area contributed by atoms with E-state index in [-0.39, 0.29) is 6.10 Å². The molecule has 0 bridgehead atoms. The second-order valence-electron chi connectivity index (χ2n) is 6.03. The van der Waals surface area contributed by atoms with Crippen molar-refractivity contribution >= 4 is 5.70 Å². The van der Waals surface area contributed by atoms with Crippen LogP contribution in [0, 0.1) is 5.92 Å². The van der Waals surface area contributed by atoms with Crippen LogP contribution in [0.25, 0.3) is 5.70 Å². The molecule has 1 saturated carbocycles. The smallest absolute Gasteiger partial charge is 0.164 e. The van der Waals surface area contributed by atoms with Gasteiger partial charge in [-0.3, -0.25) is 0 Å². The summed E-state index contributed by atoms with van der Waals surface area (Å²) in [5.41, 5.74) is 2.20. The third-order valence-electron chi connectivity index (χ3n) is 3.96. The summed E-state index contributed by atoms with van der Waals surface area (Å²) < 4.78 is 16.9. The predicted molar refractivity (Wildman–Crippen MR) is 82.9 cm³/mol. The molecule has 0 saturated heterocycles. The molecule has 1 aromatic rings. The maximum Gasteiger partial charge on any atom is 0.164 e. The van der Waals surface area contributed by atoms with E-state index in [9.17, 15) is 0 Å². The van der Waals surface area contributed by atoms with Crippen LogP contribution in [0.5, 0.6) is 17.2 Å². The topological polar surface area (TPSA) is 39.7 Å². The van der Waals surface area contributed by atoms with Crippen LogP contribution in [0.2, 0.25) is 0 Å². The lowest BCUT2D eigenvalue weighted by Crippen LogP contribution is -2.28. The van der Waals surface area contributed by atoms with Gasteiger partial charge in [0.1, 0.15) is 11.9 Å². The van der Waals surface area contributed by atoms with Gasteiger partial charge < -0.3 is 19.5 Å². The zero-order valence-corrected chi connectivity index (χ0v) is 13.1. The first-order valence-electron chi connectivity index (χ1n) is 7.53. The van der Waals surface area contributed by atoms with E-state index in [1.807, 2.05) is 12.1 Å². The Morgan fingerprint density at radius 2 is 1.81 bits per heavy atom. The lowest BCUT2D eigenvalue weighted by molar-refractivity contribution is 0.192. The molecule has 0 radical (unpaired) electrons. The Labute approximate surface area is 126 Å². The van der Waals surface area contributed by atoms with Crippen molar-refractivity contribution in [2.75, 3.05) is 14.2 Å². The maximum atomic E-state index is 6.12. The zero-order chi connectivity index (χ0) is 15.0. The number of hydrogen-bond donors (Lipinski definition) is 1. The van der Waals surface area contributed by atoms with Gasteiger partial charge in [-0.15, -0.1) is 0 Å². The van der Waals surface area contributed by atoms with Crippen molar-refractivity contribution in [3.8, 4) is 17.2 Å². The van der Waals surface area contributed by atoms with Gasteiger partial charge in [-0.05, 0) is 30.9 Å². The fraction of sp³-hybridized carbons (Fsp3) is 0.529. The Morgan fingerprint density at radius 1 is 1.14 bits per heavy atom. The third-order valence-corrected chi connectivity index (χ3v) is 3.96. The van der Waals surface area contributed by atoms with Gasteiger partial charge in [-0.25, -0.2) is 0 Å². The number of nitrogens with one attached hydrogen (secondary N) is 1. The van der Waals surface area contributed by atoms with Crippen molar-refractivity contribution < 1.29 is 14.2 Å². The second kappa shape index (κ2) is 5.51. The number of ether oxygens (including phenoxy) is 3. The molecule has 1 atom stereocenters. The van der Waals surface area contributed by atoms with Crippen LogP contribution in [-0.2, 0) is 0 Å². The third kappa shape index (κ3) is 2.80. The molecule has 1 aliphatic heterocycles. The second-order valence-corrected chi connectivity index (χ2v) is 6.03. The number of rotatable bonds is 5. The minimum atomic E-state index is 0.0804. The molecule has 4 nitrogen and oxygen atoms in total. The van der Waals surface area contributed by atoms with Crippen LogP contribution < -0.4 is 19.5 Å². The van der Waals surface area contributed by atoms with Gasteiger partial charge in [0.25, 0.3) is 0 Å². The Bertz CT molecular complexity index is 561. The standard InChI is InChI=1S/C17H23NO3/c1-10(2)14-8-13(18-11-5-6-11)12-7-16(19-3)17(20-4)9-15(12)21-14/h7-11,14,18H,5-6H2,1-4H3. The van der Waals surface area contributed by atoms with E-state index in [0.29, 0.717) is 17.7 Å². The van der Waals surface area contributed by atoms with E-state index in [1.54, 1.807) is 14.2 Å². The van der Waals surface area contributed by atoms with Gasteiger partial charge in [0.15, 0.2) is 11.5 Å². The van der Waals surface area contributed by atoms with E-state index in [4.69, 9.17) is 14.2 Å². The lowest BCUT2D eigenvalue weighted by atomic mass is 9.99. The molecule has 3 rings (SSSR count). The molecule has 1 N–H and O–H groups in total. The minimum Gasteiger partial charge on any atom is -0.493 e. The summed E-state index contributed by atoms with van der Waals surface area (Å²) in [6, 6.07) is 4.51. The first-order chi connectivity index (χ1) is 10.1. The van der Waals surface area contributed by atoms with E-state index in [2.05, 4.69) is 25.2 Å². The predicted octanol–water partition coefficient (Wildman–Crippen LogP) is 3.21. The highest BCUT2D eigenvalue weighted by Gasteiger charge is 2.29. The fourth-order valence-electron chi connectivity index (χ4n) is 2.50. The molecule has 1 fully saturated rings. The summed E-state index contributed by atoms with van der Waals surface area (Å²) in [5, 5.41) is 3.61. The SMILES string of the molecule is COc1cc2c(cc1OC)C(NC1CC1)=CC(C(C)C)O2. The van der Waals surface area contributed by atoms with Crippen molar-refractivity contribution in [3.63, 3.8) is 0 Å². The number of hydrogen-bond acceptors (Lipinski definition) is 4. The summed E-state index contributed by atoms with van der Waals surface area (Å²) in [6.45, 7) is 4.34. The molecular weight excluding hydrogens is 266 g/mol. The largest absolute Gasteiger partial charge is 0.493 e. The summed E-state index contributed by atoms with van der Waals surface area (Å²) in [6.07, 6.45) is 4.76. The Kier molecular flexibility index (Phi) is 3.70. The first kappa shape index (κ1) is 14.1. The highest BCUT2D eigenvalue weighted by molar-refractivity contribution is 5.74. The van der Waals surface area contributed by atoms with Gasteiger partial charge in [0.2, 0.25) is 0 Å². The Hall–Kier alpha value is -1.84. The maximum absolute atomic E-state index is 6.12. The summed E-state index contributed by atoms with van der Waals surface area (Å²) in [4.78, 5) is 0. The summed E-state index contributed by atoms with van der Waals surface area (Å²) in [5.74, 6) is 2.71. The van der Waals surface area contributed by atoms with Crippen LogP contribution in [0.15, 0.2) is 18.2 Å². The van der Waals surface area contributed by atoms with Gasteiger partial charge in [0, 0.05) is 23.4 Å². The van der Waals surface area contributed by atoms with Crippen molar-refractivity contribution in [1.82, 2.24) is 5.32 Å². The van der Waals surface area contributed by atoms with Crippen LogP contribution in [0.4, 0.5) is 0 Å². The molecule has 0 spiro atoms. The van der Waals surface area contributed by atoms with E-state index >= 15 is 0 Å². The molecule has 114 valence electrons. The van der Waals surface area contributed by atoms with E-state index < -0.39 is 0 Å². The van der Waals surface area contributed by atoms with Gasteiger partial charge >= 0.3 is 0 Å². The molecule has 1 heterocycles. The highest BCUT2D eigenvalue weighted by Crippen LogP contribution is 2.41. The van der Waals surface area contributed by atoms with Crippen molar-refractivity contribution in [2.45, 2.75) is 38.8 Å². The summed E-state index contributed by atoms with van der Waals surface area (Å²) in [7, 11) is 3.30. The van der Waals surface area contributed by atoms with Crippen LogP contribution >= 0.6 is 0 Å². The van der Waals surface area contributed by atoms with Crippen molar-refractivity contribution in [2.24, 2.45) is 5.92 Å². The van der Waals surface area contributed by atoms with Gasteiger partial charge in [0.05, 0.1) is 14.2 Å². The number of benzene rings is 1. The van der Waals surface area contributed by atoms with Crippen LogP contribution in [-0.4, -0.2) is 26.4 Å². The van der Waals surface area contributed by atoms with Gasteiger partial charge in [-0.1, -0.05) is 13.8 Å². The first-order valence-corrected chi connectivity index (χ1v) is 7.53. The molecule has 1 aromatic carbocycles. The quantitative estimate of drug-likeness (QED) is 0.903. The van der Waals surface area contributed by atoms with E-state index in [0.717, 1.165) is 22.8 Å². The number of fused-ring (bicyclic) bond motifs is 1. The Balaban J connectivity index is 2.02. The molecule has 2 aliphatic rings. The van der Waals surface area contributed by atoms with E-state index in [1.165, 1.54) is 12.8 Å². The molecule has 0 aromatic heterocycles. The average Bonchev–Trinajstić information content (AvgIpc) is 3.29. The monoisotopic (exact) mass is 289 g/mol. The number of methoxy groups -OCH3 is 2. The molecule has 1 aliphatic carbocycles. The molecule has 0 amide bonds. The normalized spacial score (nSPS) is 20.4. The average molecular weight is 289 g/mol. The highest BCUT2D eigenvalue weighted by atomic mass is 16.5. The molecular formula is C17H23NO3.